The topological polar surface area (TPSA) is 28.1 Å². The van der Waals surface area contributed by atoms with Crippen molar-refractivity contribution in [2.75, 3.05) is 0 Å². The van der Waals surface area contributed by atoms with Gasteiger partial charge in [0.2, 0.25) is 5.39 Å². The Morgan fingerprint density at radius 3 is 1.83 bits per heavy atom. The fourth-order valence-electron chi connectivity index (χ4n) is 0.611. The van der Waals surface area contributed by atoms with Crippen LogP contribution in [0, 0.1) is 12.3 Å². The first-order chi connectivity index (χ1) is 5.33. The van der Waals surface area contributed by atoms with Crippen molar-refractivity contribution in [1.29, 1.82) is 5.39 Å². The van der Waals surface area contributed by atoms with E-state index in [0.717, 1.165) is 0 Å². The number of rotatable bonds is 0. The van der Waals surface area contributed by atoms with Gasteiger partial charge in [-0.25, -0.2) is 0 Å². The quantitative estimate of drug-likeness (QED) is 0.635. The molecule has 0 saturated carbocycles. The molecule has 0 aliphatic heterocycles. The van der Waals surface area contributed by atoms with Crippen LogP contribution in [-0.2, 0) is 32.7 Å². The number of aryl methyl sites for hydroxylation is 1. The molecule has 0 unspecified atom stereocenters. The fraction of sp³-hybridized carbons (Fsp3) is 0.333. The standard InChI is InChI=1S/C7H7N2.C2H6.Y/c1-6-2-4-7(9-8)5-3-6;1-2;/h2-5H,1H3;1-2H3;/q+1;;. The first kappa shape index (κ1) is 14.3. The van der Waals surface area contributed by atoms with E-state index in [1.165, 1.54) is 5.56 Å². The second-order valence-electron chi connectivity index (χ2n) is 1.94. The summed E-state index contributed by atoms with van der Waals surface area (Å²) >= 11 is 0. The van der Waals surface area contributed by atoms with Gasteiger partial charge in [0.15, 0.2) is 4.98 Å². The van der Waals surface area contributed by atoms with Crippen molar-refractivity contribution in [1.82, 2.24) is 0 Å². The van der Waals surface area contributed by atoms with E-state index in [1.54, 1.807) is 12.1 Å². The predicted molar refractivity (Wildman–Crippen MR) is 47.3 cm³/mol. The summed E-state index contributed by atoms with van der Waals surface area (Å²) in [7, 11) is 0. The Balaban J connectivity index is 0. The molecule has 1 aromatic carbocycles. The molecule has 1 rings (SSSR count). The third-order valence-electron chi connectivity index (χ3n) is 1.15. The van der Waals surface area contributed by atoms with E-state index in [9.17, 15) is 0 Å². The molecule has 0 heterocycles. The molecule has 1 radical (unpaired) electrons. The van der Waals surface area contributed by atoms with Crippen molar-refractivity contribution in [2.24, 2.45) is 0 Å². The van der Waals surface area contributed by atoms with Gasteiger partial charge in [-0.15, -0.1) is 0 Å². The van der Waals surface area contributed by atoms with Crippen molar-refractivity contribution < 1.29 is 32.7 Å². The maximum absolute atomic E-state index is 8.25. The summed E-state index contributed by atoms with van der Waals surface area (Å²) in [6, 6.07) is 7.31. The number of diazo groups is 1. The summed E-state index contributed by atoms with van der Waals surface area (Å²) in [4.78, 5) is 3.01. The largest absolute Gasteiger partial charge is 0.385 e. The Bertz CT molecular complexity index is 236. The third-order valence-corrected chi connectivity index (χ3v) is 1.15. The zero-order valence-corrected chi connectivity index (χ0v) is 10.6. The predicted octanol–water partition coefficient (Wildman–Crippen LogP) is 3.50. The Labute approximate surface area is 98.9 Å². The van der Waals surface area contributed by atoms with Crippen LogP contribution in [0.5, 0.6) is 0 Å². The van der Waals surface area contributed by atoms with Gasteiger partial charge in [0.05, 0.1) is 0 Å². The summed E-state index contributed by atoms with van der Waals surface area (Å²) in [5, 5.41) is 8.25. The van der Waals surface area contributed by atoms with Crippen LogP contribution in [0.1, 0.15) is 19.4 Å². The van der Waals surface area contributed by atoms with Crippen LogP contribution in [0.25, 0.3) is 4.98 Å². The Hall–Kier alpha value is -0.256. The van der Waals surface area contributed by atoms with Crippen molar-refractivity contribution in [3.8, 4) is 0 Å². The summed E-state index contributed by atoms with van der Waals surface area (Å²) in [5.74, 6) is 0. The summed E-state index contributed by atoms with van der Waals surface area (Å²) < 4.78 is 0. The molecule has 0 saturated heterocycles. The van der Waals surface area contributed by atoms with E-state index in [-0.39, 0.29) is 32.7 Å². The zero-order valence-electron chi connectivity index (χ0n) is 7.78. The van der Waals surface area contributed by atoms with Crippen molar-refractivity contribution in [3.05, 3.63) is 34.8 Å². The molecule has 2 nitrogen and oxygen atoms in total. The van der Waals surface area contributed by atoms with Crippen LogP contribution in [0.15, 0.2) is 24.3 Å². The maximum Gasteiger partial charge on any atom is 0.385 e. The number of benzene rings is 1. The van der Waals surface area contributed by atoms with Gasteiger partial charge in [0.1, 0.15) is 0 Å². The van der Waals surface area contributed by atoms with Crippen LogP contribution in [0.3, 0.4) is 0 Å². The fourth-order valence-corrected chi connectivity index (χ4v) is 0.611. The van der Waals surface area contributed by atoms with E-state index in [2.05, 4.69) is 4.98 Å². The monoisotopic (exact) mass is 238 g/mol. The van der Waals surface area contributed by atoms with Gasteiger partial charge in [0, 0.05) is 44.8 Å². The molecule has 3 heteroatoms. The first-order valence-corrected chi connectivity index (χ1v) is 3.74. The first-order valence-electron chi connectivity index (χ1n) is 3.74. The molecule has 0 aliphatic rings. The normalized spacial score (nSPS) is 6.83. The van der Waals surface area contributed by atoms with E-state index < -0.39 is 0 Å². The molecule has 0 amide bonds. The van der Waals surface area contributed by atoms with Crippen molar-refractivity contribution >= 4 is 5.69 Å². The van der Waals surface area contributed by atoms with Gasteiger partial charge >= 0.3 is 5.69 Å². The molecule has 0 bridgehead atoms. The van der Waals surface area contributed by atoms with Gasteiger partial charge < -0.3 is 0 Å². The van der Waals surface area contributed by atoms with E-state index >= 15 is 0 Å². The number of hydrogen-bond acceptors (Lipinski definition) is 1. The number of nitrogens with zero attached hydrogens (tertiary/aromatic N) is 2. The molecule has 0 fully saturated rings. The summed E-state index contributed by atoms with van der Waals surface area (Å²) in [5.41, 5.74) is 1.77. The minimum absolute atomic E-state index is 0. The Morgan fingerprint density at radius 1 is 1.08 bits per heavy atom. The van der Waals surface area contributed by atoms with Gasteiger partial charge in [-0.3, -0.25) is 0 Å². The molecular formula is C9H13N2Y+. The van der Waals surface area contributed by atoms with E-state index in [4.69, 9.17) is 5.39 Å². The third kappa shape index (κ3) is 5.40. The molecule has 0 atom stereocenters. The molecule has 0 aromatic heterocycles. The van der Waals surface area contributed by atoms with E-state index in [0.29, 0.717) is 5.69 Å². The Kier molecular flexibility index (Phi) is 10.5. The second-order valence-corrected chi connectivity index (χ2v) is 1.94. The maximum atomic E-state index is 8.25. The van der Waals surface area contributed by atoms with E-state index in [1.807, 2.05) is 32.9 Å². The van der Waals surface area contributed by atoms with Crippen LogP contribution < -0.4 is 0 Å². The average Bonchev–Trinajstić information content (AvgIpc) is 2.10. The SMILES string of the molecule is CC.Cc1ccc([N+]#N)cc1.[Y]. The molecule has 0 spiro atoms. The van der Waals surface area contributed by atoms with Gasteiger partial charge in [0.25, 0.3) is 0 Å². The van der Waals surface area contributed by atoms with Gasteiger partial charge in [-0.05, 0) is 6.92 Å². The minimum Gasteiger partial charge on any atom is -0.0683 e. The molecule has 0 aliphatic carbocycles. The molecule has 61 valence electrons. The zero-order chi connectivity index (χ0) is 8.69. The minimum atomic E-state index is 0. The second kappa shape index (κ2) is 8.84. The van der Waals surface area contributed by atoms with Crippen molar-refractivity contribution in [3.63, 3.8) is 0 Å². The summed E-state index contributed by atoms with van der Waals surface area (Å²) in [6.07, 6.45) is 0. The number of hydrogen-bond donors (Lipinski definition) is 0. The molecular weight excluding hydrogens is 225 g/mol. The van der Waals surface area contributed by atoms with Crippen LogP contribution in [0.4, 0.5) is 5.69 Å². The molecule has 1 aromatic rings. The summed E-state index contributed by atoms with van der Waals surface area (Å²) in [6.45, 7) is 5.99. The van der Waals surface area contributed by atoms with Crippen LogP contribution in [-0.4, -0.2) is 0 Å². The van der Waals surface area contributed by atoms with Crippen molar-refractivity contribution in [2.45, 2.75) is 20.8 Å². The van der Waals surface area contributed by atoms with Gasteiger partial charge in [-0.1, -0.05) is 31.5 Å². The van der Waals surface area contributed by atoms with Crippen LogP contribution in [0.2, 0.25) is 0 Å². The van der Waals surface area contributed by atoms with Gasteiger partial charge in [-0.2, -0.15) is 0 Å². The average molecular weight is 238 g/mol. The molecule has 12 heavy (non-hydrogen) atoms. The smallest absolute Gasteiger partial charge is 0.0683 e. The molecule has 0 N–H and O–H groups in total. The van der Waals surface area contributed by atoms with Crippen LogP contribution >= 0.6 is 0 Å². The Morgan fingerprint density at radius 2 is 1.50 bits per heavy atom.